The lowest BCUT2D eigenvalue weighted by atomic mass is 10.4. The van der Waals surface area contributed by atoms with Gasteiger partial charge in [0.15, 0.2) is 0 Å². The molecule has 0 amide bonds. The number of hydrogen-bond donors (Lipinski definition) is 0. The molecule has 14 heavy (non-hydrogen) atoms. The van der Waals surface area contributed by atoms with Crippen LogP contribution < -0.4 is 0 Å². The lowest BCUT2D eigenvalue weighted by molar-refractivity contribution is 0.357. The van der Waals surface area contributed by atoms with Crippen LogP contribution in [0, 0.1) is 0 Å². The quantitative estimate of drug-likeness (QED) is 0.654. The third-order valence-electron chi connectivity index (χ3n) is 1.90. The molecule has 6 heteroatoms. The molecule has 0 aliphatic carbocycles. The van der Waals surface area contributed by atoms with E-state index >= 15 is 0 Å². The van der Waals surface area contributed by atoms with E-state index in [4.69, 9.17) is 0 Å². The molecule has 86 valence electrons. The Balaban J connectivity index is 4.05. The van der Waals surface area contributed by atoms with E-state index in [0.29, 0.717) is 13.1 Å². The van der Waals surface area contributed by atoms with Crippen molar-refractivity contribution in [3.05, 3.63) is 0 Å². The smallest absolute Gasteiger partial charge is 0.224 e. The van der Waals surface area contributed by atoms with Crippen molar-refractivity contribution in [2.24, 2.45) is 0 Å². The standard InChI is InChI=1S/C8H19BrN2O2S/c1-4-11(14(12,13)8-9)7-5-6-10(2)3/h4-8H2,1-3H3. The molecular formula is C8H19BrN2O2S. The molecule has 0 rings (SSSR count). The predicted molar refractivity (Wildman–Crippen MR) is 63.1 cm³/mol. The second-order valence-corrected chi connectivity index (χ2v) is 6.64. The maximum atomic E-state index is 11.5. The molecule has 0 atom stereocenters. The van der Waals surface area contributed by atoms with Crippen molar-refractivity contribution in [1.29, 1.82) is 0 Å². The van der Waals surface area contributed by atoms with Crippen LogP contribution in [0.3, 0.4) is 0 Å². The fourth-order valence-electron chi connectivity index (χ4n) is 1.13. The summed E-state index contributed by atoms with van der Waals surface area (Å²) in [6.07, 6.45) is 0.868. The van der Waals surface area contributed by atoms with Gasteiger partial charge in [-0.05, 0) is 27.1 Å². The highest BCUT2D eigenvalue weighted by molar-refractivity contribution is 9.10. The Hall–Kier alpha value is 0.350. The van der Waals surface area contributed by atoms with Crippen LogP contribution in [0.15, 0.2) is 0 Å². The largest absolute Gasteiger partial charge is 0.309 e. The Morgan fingerprint density at radius 1 is 1.21 bits per heavy atom. The highest BCUT2D eigenvalue weighted by atomic mass is 79.9. The minimum Gasteiger partial charge on any atom is -0.309 e. The van der Waals surface area contributed by atoms with Crippen LogP contribution in [0.1, 0.15) is 13.3 Å². The van der Waals surface area contributed by atoms with Crippen molar-refractivity contribution in [1.82, 2.24) is 9.21 Å². The van der Waals surface area contributed by atoms with E-state index in [1.807, 2.05) is 21.0 Å². The van der Waals surface area contributed by atoms with Gasteiger partial charge in [-0.25, -0.2) is 12.7 Å². The monoisotopic (exact) mass is 286 g/mol. The molecule has 0 aliphatic rings. The van der Waals surface area contributed by atoms with Gasteiger partial charge in [-0.1, -0.05) is 22.9 Å². The molecule has 0 aromatic carbocycles. The van der Waals surface area contributed by atoms with Crippen LogP contribution in [0.25, 0.3) is 0 Å². The molecule has 0 bridgehead atoms. The van der Waals surface area contributed by atoms with Gasteiger partial charge in [-0.15, -0.1) is 0 Å². The predicted octanol–water partition coefficient (Wildman–Crippen LogP) is 0.942. The second-order valence-electron chi connectivity index (χ2n) is 3.37. The molecule has 0 radical (unpaired) electrons. The summed E-state index contributed by atoms with van der Waals surface area (Å²) in [6.45, 7) is 3.91. The average Bonchev–Trinajstić information content (AvgIpc) is 2.11. The fraction of sp³-hybridized carbons (Fsp3) is 1.00. The Labute approximate surface area is 95.4 Å². The summed E-state index contributed by atoms with van der Waals surface area (Å²) in [4.78, 5) is 2.05. The average molecular weight is 287 g/mol. The molecule has 0 spiro atoms. The summed E-state index contributed by atoms with van der Waals surface area (Å²) in [5, 5.41) is 0. The lowest BCUT2D eigenvalue weighted by Gasteiger charge is -2.19. The fourth-order valence-corrected chi connectivity index (χ4v) is 2.93. The lowest BCUT2D eigenvalue weighted by Crippen LogP contribution is -2.33. The Bertz CT molecular complexity index is 242. The van der Waals surface area contributed by atoms with Gasteiger partial charge in [-0.3, -0.25) is 0 Å². The Morgan fingerprint density at radius 2 is 1.79 bits per heavy atom. The van der Waals surface area contributed by atoms with E-state index in [1.165, 1.54) is 4.31 Å². The molecule has 0 fully saturated rings. The van der Waals surface area contributed by atoms with Gasteiger partial charge in [0.2, 0.25) is 10.0 Å². The molecule has 0 aromatic rings. The summed E-state index contributed by atoms with van der Waals surface area (Å²) in [5.41, 5.74) is 0. The van der Waals surface area contributed by atoms with Gasteiger partial charge >= 0.3 is 0 Å². The molecule has 0 N–H and O–H groups in total. The summed E-state index contributed by atoms with van der Waals surface area (Å²) in [5.74, 6) is 0. The normalized spacial score (nSPS) is 12.7. The molecule has 0 saturated carbocycles. The van der Waals surface area contributed by atoms with Crippen LogP contribution in [-0.2, 0) is 10.0 Å². The zero-order valence-electron chi connectivity index (χ0n) is 9.03. The van der Waals surface area contributed by atoms with Gasteiger partial charge in [0, 0.05) is 13.1 Å². The zero-order valence-corrected chi connectivity index (χ0v) is 11.4. The van der Waals surface area contributed by atoms with Gasteiger partial charge in [0.05, 0.1) is 0 Å². The van der Waals surface area contributed by atoms with E-state index in [0.717, 1.165) is 13.0 Å². The first-order valence-electron chi connectivity index (χ1n) is 4.62. The van der Waals surface area contributed by atoms with Crippen LogP contribution in [-0.4, -0.2) is 56.0 Å². The van der Waals surface area contributed by atoms with Crippen molar-refractivity contribution in [2.45, 2.75) is 13.3 Å². The van der Waals surface area contributed by atoms with E-state index in [9.17, 15) is 8.42 Å². The van der Waals surface area contributed by atoms with Crippen LogP contribution in [0.4, 0.5) is 0 Å². The van der Waals surface area contributed by atoms with E-state index in [-0.39, 0.29) is 4.66 Å². The maximum Gasteiger partial charge on any atom is 0.224 e. The van der Waals surface area contributed by atoms with Crippen LogP contribution >= 0.6 is 15.9 Å². The van der Waals surface area contributed by atoms with Gasteiger partial charge in [0.25, 0.3) is 0 Å². The Morgan fingerprint density at radius 3 is 2.14 bits per heavy atom. The second kappa shape index (κ2) is 6.76. The third-order valence-corrected chi connectivity index (χ3v) is 5.14. The number of nitrogens with zero attached hydrogens (tertiary/aromatic N) is 2. The molecule has 0 heterocycles. The highest BCUT2D eigenvalue weighted by Gasteiger charge is 2.17. The van der Waals surface area contributed by atoms with Crippen LogP contribution in [0.2, 0.25) is 0 Å². The minimum atomic E-state index is -3.08. The molecule has 0 unspecified atom stereocenters. The number of sulfonamides is 1. The third kappa shape index (κ3) is 5.29. The number of alkyl halides is 1. The summed E-state index contributed by atoms with van der Waals surface area (Å²) in [6, 6.07) is 0. The van der Waals surface area contributed by atoms with E-state index in [1.54, 1.807) is 0 Å². The molecule has 0 aromatic heterocycles. The van der Waals surface area contributed by atoms with Crippen molar-refractivity contribution >= 4 is 26.0 Å². The number of rotatable bonds is 7. The highest BCUT2D eigenvalue weighted by Crippen LogP contribution is 2.05. The van der Waals surface area contributed by atoms with Crippen LogP contribution in [0.5, 0.6) is 0 Å². The van der Waals surface area contributed by atoms with Gasteiger partial charge in [-0.2, -0.15) is 0 Å². The summed E-state index contributed by atoms with van der Waals surface area (Å²) < 4.78 is 24.5. The van der Waals surface area contributed by atoms with Gasteiger partial charge < -0.3 is 4.90 Å². The first kappa shape index (κ1) is 14.3. The van der Waals surface area contributed by atoms with Crippen molar-refractivity contribution < 1.29 is 8.42 Å². The maximum absolute atomic E-state index is 11.5. The SMILES string of the molecule is CCN(CCCN(C)C)S(=O)(=O)CBr. The van der Waals surface area contributed by atoms with Gasteiger partial charge in [0.1, 0.15) is 4.66 Å². The minimum absolute atomic E-state index is 0.00973. The van der Waals surface area contributed by atoms with Crippen molar-refractivity contribution in [2.75, 3.05) is 38.4 Å². The zero-order chi connectivity index (χ0) is 11.2. The number of hydrogen-bond acceptors (Lipinski definition) is 3. The van der Waals surface area contributed by atoms with Crippen molar-refractivity contribution in [3.8, 4) is 0 Å². The topological polar surface area (TPSA) is 40.6 Å². The van der Waals surface area contributed by atoms with E-state index < -0.39 is 10.0 Å². The molecular weight excluding hydrogens is 268 g/mol. The first-order chi connectivity index (χ1) is 6.44. The Kier molecular flexibility index (Phi) is 6.93. The molecule has 0 saturated heterocycles. The van der Waals surface area contributed by atoms with Crippen molar-refractivity contribution in [3.63, 3.8) is 0 Å². The summed E-state index contributed by atoms with van der Waals surface area (Å²) >= 11 is 2.99. The molecule has 0 aliphatic heterocycles. The first-order valence-corrected chi connectivity index (χ1v) is 7.35. The summed E-state index contributed by atoms with van der Waals surface area (Å²) in [7, 11) is 0.886. The number of halogens is 1. The molecule has 4 nitrogen and oxygen atoms in total. The van der Waals surface area contributed by atoms with E-state index in [2.05, 4.69) is 20.8 Å².